The number of thiophene rings is 1. The van der Waals surface area contributed by atoms with Gasteiger partial charge < -0.3 is 5.32 Å². The highest BCUT2D eigenvalue weighted by Crippen LogP contribution is 2.24. The molecule has 1 aromatic heterocycles. The fraction of sp³-hybridized carbons (Fsp3) is 0.0556. The van der Waals surface area contributed by atoms with Gasteiger partial charge in [-0.2, -0.15) is 0 Å². The lowest BCUT2D eigenvalue weighted by molar-refractivity contribution is 0.0952. The van der Waals surface area contributed by atoms with E-state index in [4.69, 9.17) is 11.6 Å². The van der Waals surface area contributed by atoms with Crippen LogP contribution in [0, 0.1) is 0 Å². The molecule has 0 aliphatic rings. The van der Waals surface area contributed by atoms with Crippen LogP contribution in [-0.2, 0) is 6.54 Å². The molecule has 0 unspecified atom stereocenters. The highest BCUT2D eigenvalue weighted by atomic mass is 35.5. The van der Waals surface area contributed by atoms with Crippen molar-refractivity contribution in [2.45, 2.75) is 6.54 Å². The summed E-state index contributed by atoms with van der Waals surface area (Å²) in [7, 11) is 0. The van der Waals surface area contributed by atoms with Crippen LogP contribution in [0.5, 0.6) is 0 Å². The molecule has 2 nitrogen and oxygen atoms in total. The van der Waals surface area contributed by atoms with E-state index in [-0.39, 0.29) is 5.91 Å². The third-order valence-electron chi connectivity index (χ3n) is 3.31. The van der Waals surface area contributed by atoms with Gasteiger partial charge in [-0.15, -0.1) is 11.3 Å². The molecule has 110 valence electrons. The van der Waals surface area contributed by atoms with Gasteiger partial charge in [-0.25, -0.2) is 0 Å². The lowest BCUT2D eigenvalue weighted by Crippen LogP contribution is -2.22. The number of hydrogen-bond acceptors (Lipinski definition) is 2. The van der Waals surface area contributed by atoms with Gasteiger partial charge in [0.15, 0.2) is 0 Å². The van der Waals surface area contributed by atoms with Crippen molar-refractivity contribution in [3.63, 3.8) is 0 Å². The molecule has 1 amide bonds. The van der Waals surface area contributed by atoms with Crippen molar-refractivity contribution in [1.29, 1.82) is 0 Å². The minimum atomic E-state index is -0.0797. The van der Waals surface area contributed by atoms with E-state index in [2.05, 4.69) is 5.32 Å². The molecular weight excluding hydrogens is 314 g/mol. The second-order valence-electron chi connectivity index (χ2n) is 4.80. The van der Waals surface area contributed by atoms with E-state index in [1.165, 1.54) is 11.3 Å². The maximum Gasteiger partial charge on any atom is 0.252 e. The monoisotopic (exact) mass is 327 g/mol. The number of benzene rings is 2. The minimum Gasteiger partial charge on any atom is -0.347 e. The normalized spacial score (nSPS) is 10.4. The van der Waals surface area contributed by atoms with Gasteiger partial charge in [0, 0.05) is 10.4 Å². The zero-order valence-corrected chi connectivity index (χ0v) is 13.3. The zero-order valence-electron chi connectivity index (χ0n) is 11.8. The molecule has 3 rings (SSSR count). The highest BCUT2D eigenvalue weighted by Gasteiger charge is 2.12. The Labute approximate surface area is 138 Å². The summed E-state index contributed by atoms with van der Waals surface area (Å²) in [5, 5.41) is 2.95. The fourth-order valence-electron chi connectivity index (χ4n) is 2.26. The molecule has 4 heteroatoms. The Morgan fingerprint density at radius 1 is 0.955 bits per heavy atom. The first-order chi connectivity index (χ1) is 10.7. The van der Waals surface area contributed by atoms with E-state index >= 15 is 0 Å². The Morgan fingerprint density at radius 2 is 1.68 bits per heavy atom. The Balaban J connectivity index is 1.81. The molecule has 0 saturated heterocycles. The van der Waals surface area contributed by atoms with Crippen LogP contribution in [0.15, 0.2) is 66.7 Å². The molecule has 0 aliphatic heterocycles. The number of nitrogens with one attached hydrogen (secondary N) is 1. The van der Waals surface area contributed by atoms with E-state index in [0.717, 1.165) is 20.3 Å². The smallest absolute Gasteiger partial charge is 0.252 e. The lowest BCUT2D eigenvalue weighted by atomic mass is 9.99. The van der Waals surface area contributed by atoms with Crippen molar-refractivity contribution in [2.24, 2.45) is 0 Å². The first-order valence-electron chi connectivity index (χ1n) is 6.91. The quantitative estimate of drug-likeness (QED) is 0.718. The van der Waals surface area contributed by atoms with Crippen molar-refractivity contribution in [2.75, 3.05) is 0 Å². The Bertz CT molecular complexity index is 783. The Kier molecular flexibility index (Phi) is 4.56. The minimum absolute atomic E-state index is 0.0797. The molecule has 0 aliphatic carbocycles. The highest BCUT2D eigenvalue weighted by molar-refractivity contribution is 7.16. The van der Waals surface area contributed by atoms with Crippen LogP contribution >= 0.6 is 22.9 Å². The standard InChI is InChI=1S/C18H14ClNOS/c19-17-11-10-14(22-17)12-20-18(21)16-9-5-4-8-15(16)13-6-2-1-3-7-13/h1-11H,12H2,(H,20,21). The van der Waals surface area contributed by atoms with Crippen molar-refractivity contribution in [1.82, 2.24) is 5.32 Å². The van der Waals surface area contributed by atoms with E-state index in [0.29, 0.717) is 12.1 Å². The van der Waals surface area contributed by atoms with Crippen molar-refractivity contribution in [3.05, 3.63) is 81.5 Å². The topological polar surface area (TPSA) is 29.1 Å². The number of amides is 1. The Morgan fingerprint density at radius 3 is 2.41 bits per heavy atom. The summed E-state index contributed by atoms with van der Waals surface area (Å²) in [5.41, 5.74) is 2.65. The zero-order chi connectivity index (χ0) is 15.4. The fourth-order valence-corrected chi connectivity index (χ4v) is 3.29. The summed E-state index contributed by atoms with van der Waals surface area (Å²) >= 11 is 7.38. The summed E-state index contributed by atoms with van der Waals surface area (Å²) in [4.78, 5) is 13.5. The second-order valence-corrected chi connectivity index (χ2v) is 6.60. The van der Waals surface area contributed by atoms with Gasteiger partial charge in [0.05, 0.1) is 10.9 Å². The molecule has 22 heavy (non-hydrogen) atoms. The van der Waals surface area contributed by atoms with Gasteiger partial charge in [-0.3, -0.25) is 4.79 Å². The van der Waals surface area contributed by atoms with Crippen LogP contribution in [0.1, 0.15) is 15.2 Å². The molecule has 0 fully saturated rings. The summed E-state index contributed by atoms with van der Waals surface area (Å²) < 4.78 is 0.730. The molecule has 3 aromatic rings. The molecule has 1 N–H and O–H groups in total. The maximum absolute atomic E-state index is 12.5. The number of carbonyl (C=O) groups excluding carboxylic acids is 1. The molecule has 0 radical (unpaired) electrons. The van der Waals surface area contributed by atoms with Crippen molar-refractivity contribution < 1.29 is 4.79 Å². The average Bonchev–Trinajstić information content (AvgIpc) is 2.99. The Hall–Kier alpha value is -2.10. The number of rotatable bonds is 4. The van der Waals surface area contributed by atoms with Gasteiger partial charge in [-0.05, 0) is 29.3 Å². The van der Waals surface area contributed by atoms with E-state index in [1.54, 1.807) is 0 Å². The van der Waals surface area contributed by atoms with Crippen LogP contribution < -0.4 is 5.32 Å². The SMILES string of the molecule is O=C(NCc1ccc(Cl)s1)c1ccccc1-c1ccccc1. The number of carbonyl (C=O) groups is 1. The van der Waals surface area contributed by atoms with E-state index < -0.39 is 0 Å². The molecule has 0 spiro atoms. The molecule has 0 bridgehead atoms. The van der Waals surface area contributed by atoms with Gasteiger partial charge in [0.2, 0.25) is 0 Å². The summed E-state index contributed by atoms with van der Waals surface area (Å²) in [6.45, 7) is 0.485. The third kappa shape index (κ3) is 3.38. The third-order valence-corrected chi connectivity index (χ3v) is 4.54. The molecule has 0 atom stereocenters. The summed E-state index contributed by atoms with van der Waals surface area (Å²) in [5.74, 6) is -0.0797. The van der Waals surface area contributed by atoms with Crippen LogP contribution in [-0.4, -0.2) is 5.91 Å². The lowest BCUT2D eigenvalue weighted by Gasteiger charge is -2.10. The number of halogens is 1. The second kappa shape index (κ2) is 6.77. The van der Waals surface area contributed by atoms with Crippen molar-refractivity contribution in [3.8, 4) is 11.1 Å². The average molecular weight is 328 g/mol. The van der Waals surface area contributed by atoms with Gasteiger partial charge in [0.25, 0.3) is 5.91 Å². The van der Waals surface area contributed by atoms with Gasteiger partial charge in [-0.1, -0.05) is 60.1 Å². The maximum atomic E-state index is 12.5. The first-order valence-corrected chi connectivity index (χ1v) is 8.10. The number of hydrogen-bond donors (Lipinski definition) is 1. The summed E-state index contributed by atoms with van der Waals surface area (Å²) in [6.07, 6.45) is 0. The molecule has 0 saturated carbocycles. The van der Waals surface area contributed by atoms with Gasteiger partial charge in [0.1, 0.15) is 0 Å². The first kappa shape index (κ1) is 14.8. The van der Waals surface area contributed by atoms with Gasteiger partial charge >= 0.3 is 0 Å². The van der Waals surface area contributed by atoms with Crippen LogP contribution in [0.25, 0.3) is 11.1 Å². The molecular formula is C18H14ClNOS. The summed E-state index contributed by atoms with van der Waals surface area (Å²) in [6, 6.07) is 21.3. The van der Waals surface area contributed by atoms with E-state index in [1.807, 2.05) is 66.7 Å². The van der Waals surface area contributed by atoms with Crippen molar-refractivity contribution >= 4 is 28.8 Å². The van der Waals surface area contributed by atoms with Crippen LogP contribution in [0.4, 0.5) is 0 Å². The van der Waals surface area contributed by atoms with Crippen LogP contribution in [0.3, 0.4) is 0 Å². The largest absolute Gasteiger partial charge is 0.347 e. The molecule has 2 aromatic carbocycles. The van der Waals surface area contributed by atoms with E-state index in [9.17, 15) is 4.79 Å². The molecule has 1 heterocycles. The predicted molar refractivity (Wildman–Crippen MR) is 92.4 cm³/mol. The predicted octanol–water partition coefficient (Wildman–Crippen LogP) is 5.00. The van der Waals surface area contributed by atoms with Crippen LogP contribution in [0.2, 0.25) is 4.34 Å².